The molecule has 1 unspecified atom stereocenters. The van der Waals surface area contributed by atoms with E-state index in [-0.39, 0.29) is 16.8 Å². The van der Waals surface area contributed by atoms with E-state index in [2.05, 4.69) is 17.2 Å². The second kappa shape index (κ2) is 5.34. The third-order valence-corrected chi connectivity index (χ3v) is 4.20. The topological polar surface area (TPSA) is 44.9 Å². The number of rotatable bonds is 2. The van der Waals surface area contributed by atoms with Crippen molar-refractivity contribution in [3.63, 3.8) is 0 Å². The fourth-order valence-corrected chi connectivity index (χ4v) is 3.23. The molecule has 1 aliphatic heterocycles. The molecule has 118 valence electrons. The highest BCUT2D eigenvalue weighted by molar-refractivity contribution is 5.87. The lowest BCUT2D eigenvalue weighted by molar-refractivity contribution is -0.136. The highest BCUT2D eigenvalue weighted by Gasteiger charge is 2.34. The van der Waals surface area contributed by atoms with Crippen molar-refractivity contribution >= 4 is 16.6 Å². The van der Waals surface area contributed by atoms with Gasteiger partial charge in [-0.25, -0.2) is 0 Å². The molecule has 3 rings (SSSR count). The summed E-state index contributed by atoms with van der Waals surface area (Å²) in [5.41, 5.74) is 0.365. The molecule has 1 aromatic carbocycles. The molecular weight excluding hydrogens is 293 g/mol. The largest absolute Gasteiger partial charge is 0.417 e. The Hall–Kier alpha value is -1.98. The third-order valence-electron chi connectivity index (χ3n) is 4.20. The molecule has 0 radical (unpaired) electrons. The van der Waals surface area contributed by atoms with Crippen molar-refractivity contribution in [2.75, 3.05) is 11.9 Å². The number of pyridine rings is 1. The smallest absolute Gasteiger partial charge is 0.385 e. The van der Waals surface area contributed by atoms with Gasteiger partial charge in [-0.1, -0.05) is 13.3 Å². The van der Waals surface area contributed by atoms with Gasteiger partial charge in [0.15, 0.2) is 0 Å². The van der Waals surface area contributed by atoms with Gasteiger partial charge in [0.2, 0.25) is 5.56 Å². The summed E-state index contributed by atoms with van der Waals surface area (Å²) < 4.78 is 39.6. The minimum Gasteiger partial charge on any atom is -0.385 e. The van der Waals surface area contributed by atoms with Crippen LogP contribution in [0.2, 0.25) is 0 Å². The zero-order valence-corrected chi connectivity index (χ0v) is 12.2. The zero-order chi connectivity index (χ0) is 15.9. The van der Waals surface area contributed by atoms with E-state index in [4.69, 9.17) is 0 Å². The average Bonchev–Trinajstić information content (AvgIpc) is 2.44. The molecule has 2 aromatic rings. The molecule has 1 aromatic heterocycles. The molecule has 6 heteroatoms. The molecule has 0 saturated heterocycles. The summed E-state index contributed by atoms with van der Waals surface area (Å²) in [4.78, 5) is 14.0. The number of fused-ring (bicyclic) bond motifs is 2. The highest BCUT2D eigenvalue weighted by atomic mass is 19.4. The van der Waals surface area contributed by atoms with E-state index in [1.807, 2.05) is 0 Å². The van der Waals surface area contributed by atoms with Gasteiger partial charge < -0.3 is 10.3 Å². The molecule has 0 aliphatic carbocycles. The molecule has 1 aliphatic rings. The predicted molar refractivity (Wildman–Crippen MR) is 80.3 cm³/mol. The molecule has 0 spiro atoms. The van der Waals surface area contributed by atoms with Crippen molar-refractivity contribution in [1.29, 1.82) is 0 Å². The Bertz CT molecular complexity index is 764. The van der Waals surface area contributed by atoms with E-state index >= 15 is 0 Å². The van der Waals surface area contributed by atoms with E-state index in [0.29, 0.717) is 6.07 Å². The lowest BCUT2D eigenvalue weighted by Gasteiger charge is -2.27. The number of nitrogens with one attached hydrogen (secondary N) is 2. The summed E-state index contributed by atoms with van der Waals surface area (Å²) in [5, 5.41) is 3.28. The maximum absolute atomic E-state index is 13.2. The molecule has 0 bridgehead atoms. The Morgan fingerprint density at radius 2 is 2.05 bits per heavy atom. The SMILES string of the molecule is CCCC1CCNc2cc3[nH]c(=O)cc(C(F)(F)F)c3cc21. The maximum Gasteiger partial charge on any atom is 0.417 e. The molecule has 0 saturated carbocycles. The molecule has 0 amide bonds. The van der Waals surface area contributed by atoms with E-state index in [9.17, 15) is 18.0 Å². The lowest BCUT2D eigenvalue weighted by Crippen LogP contribution is -2.19. The summed E-state index contributed by atoms with van der Waals surface area (Å²) in [6.07, 6.45) is -1.69. The van der Waals surface area contributed by atoms with Crippen molar-refractivity contribution in [3.8, 4) is 0 Å². The second-order valence-corrected chi connectivity index (χ2v) is 5.73. The monoisotopic (exact) mass is 310 g/mol. The number of benzene rings is 1. The number of aromatic amines is 1. The van der Waals surface area contributed by atoms with E-state index in [0.717, 1.165) is 37.1 Å². The molecule has 2 N–H and O–H groups in total. The van der Waals surface area contributed by atoms with Crippen LogP contribution < -0.4 is 10.9 Å². The van der Waals surface area contributed by atoms with Crippen molar-refractivity contribution in [2.24, 2.45) is 0 Å². The van der Waals surface area contributed by atoms with Crippen LogP contribution in [0, 0.1) is 0 Å². The predicted octanol–water partition coefficient (Wildman–Crippen LogP) is 4.25. The van der Waals surface area contributed by atoms with Crippen LogP contribution in [0.1, 0.15) is 43.2 Å². The Kier molecular flexibility index (Phi) is 3.62. The average molecular weight is 310 g/mol. The van der Waals surface area contributed by atoms with Gasteiger partial charge in [-0.3, -0.25) is 4.79 Å². The first-order valence-electron chi connectivity index (χ1n) is 7.42. The zero-order valence-electron chi connectivity index (χ0n) is 12.2. The fraction of sp³-hybridized carbons (Fsp3) is 0.438. The van der Waals surface area contributed by atoms with Gasteiger partial charge in [-0.2, -0.15) is 13.2 Å². The molecule has 0 fully saturated rings. The van der Waals surface area contributed by atoms with Crippen LogP contribution in [0.25, 0.3) is 10.9 Å². The maximum atomic E-state index is 13.2. The number of anilines is 1. The van der Waals surface area contributed by atoms with Crippen molar-refractivity contribution in [1.82, 2.24) is 4.98 Å². The van der Waals surface area contributed by atoms with Gasteiger partial charge in [-0.15, -0.1) is 0 Å². The van der Waals surface area contributed by atoms with Gasteiger partial charge in [0, 0.05) is 23.7 Å². The van der Waals surface area contributed by atoms with Crippen molar-refractivity contribution in [2.45, 2.75) is 38.3 Å². The quantitative estimate of drug-likeness (QED) is 0.871. The van der Waals surface area contributed by atoms with Crippen LogP contribution in [-0.4, -0.2) is 11.5 Å². The van der Waals surface area contributed by atoms with Gasteiger partial charge >= 0.3 is 6.18 Å². The van der Waals surface area contributed by atoms with Crippen LogP contribution in [0.5, 0.6) is 0 Å². The minimum atomic E-state index is -4.54. The molecule has 3 nitrogen and oxygen atoms in total. The molecule has 1 atom stereocenters. The number of aromatic nitrogens is 1. The molecule has 2 heterocycles. The minimum absolute atomic E-state index is 0.0654. The summed E-state index contributed by atoms with van der Waals surface area (Å²) in [5.74, 6) is 0.263. The van der Waals surface area contributed by atoms with Crippen LogP contribution in [0.3, 0.4) is 0 Å². The summed E-state index contributed by atoms with van der Waals surface area (Å²) in [6.45, 7) is 2.87. The normalized spacial score (nSPS) is 18.1. The molecule has 22 heavy (non-hydrogen) atoms. The third kappa shape index (κ3) is 2.58. The van der Waals surface area contributed by atoms with E-state index in [1.54, 1.807) is 12.1 Å². The molecular formula is C16H17F3N2O. The number of halogens is 3. The summed E-state index contributed by atoms with van der Waals surface area (Å²) >= 11 is 0. The standard InChI is InChI=1S/C16H17F3N2O/c1-2-3-9-4-5-20-13-8-14-11(6-10(9)13)12(16(17,18)19)7-15(22)21-14/h6-9,20H,2-5H2,1H3,(H,21,22). The van der Waals surface area contributed by atoms with Gasteiger partial charge in [0.1, 0.15) is 0 Å². The highest BCUT2D eigenvalue weighted by Crippen LogP contribution is 2.40. The summed E-state index contributed by atoms with van der Waals surface area (Å²) in [7, 11) is 0. The van der Waals surface area contributed by atoms with Gasteiger partial charge in [0.25, 0.3) is 0 Å². The van der Waals surface area contributed by atoms with E-state index < -0.39 is 17.3 Å². The van der Waals surface area contributed by atoms with Crippen LogP contribution in [0.4, 0.5) is 18.9 Å². The number of hydrogen-bond acceptors (Lipinski definition) is 2. The number of H-pyrrole nitrogens is 1. The fourth-order valence-electron chi connectivity index (χ4n) is 3.23. The van der Waals surface area contributed by atoms with Crippen molar-refractivity contribution < 1.29 is 13.2 Å². The number of hydrogen-bond donors (Lipinski definition) is 2. The van der Waals surface area contributed by atoms with Crippen LogP contribution in [0.15, 0.2) is 23.0 Å². The Morgan fingerprint density at radius 1 is 1.27 bits per heavy atom. The first-order valence-corrected chi connectivity index (χ1v) is 7.42. The second-order valence-electron chi connectivity index (χ2n) is 5.73. The van der Waals surface area contributed by atoms with E-state index in [1.165, 1.54) is 0 Å². The first kappa shape index (κ1) is 14.9. The Labute approximate surface area is 125 Å². The Morgan fingerprint density at radius 3 is 2.73 bits per heavy atom. The lowest BCUT2D eigenvalue weighted by atomic mass is 9.86. The van der Waals surface area contributed by atoms with Gasteiger partial charge in [0.05, 0.1) is 11.1 Å². The summed E-state index contributed by atoms with van der Waals surface area (Å²) in [6, 6.07) is 3.86. The van der Waals surface area contributed by atoms with Crippen LogP contribution in [-0.2, 0) is 6.18 Å². The Balaban J connectivity index is 2.27. The van der Waals surface area contributed by atoms with Crippen molar-refractivity contribution in [3.05, 3.63) is 39.7 Å². The first-order chi connectivity index (χ1) is 10.4. The van der Waals surface area contributed by atoms with Gasteiger partial charge in [-0.05, 0) is 36.5 Å². The van der Waals surface area contributed by atoms with Crippen LogP contribution >= 0.6 is 0 Å². The number of alkyl halides is 3.